The van der Waals surface area contributed by atoms with Gasteiger partial charge in [-0.25, -0.2) is 9.37 Å². The second-order valence-corrected chi connectivity index (χ2v) is 5.35. The Kier molecular flexibility index (Phi) is 3.47. The van der Waals surface area contributed by atoms with Crippen molar-refractivity contribution >= 4 is 38.6 Å². The molecule has 20 heavy (non-hydrogen) atoms. The summed E-state index contributed by atoms with van der Waals surface area (Å²) >= 11 is 9.05. The molecule has 0 aliphatic heterocycles. The molecule has 2 heterocycles. The van der Waals surface area contributed by atoms with Crippen molar-refractivity contribution in [2.24, 2.45) is 0 Å². The van der Waals surface area contributed by atoms with Gasteiger partial charge in [0.15, 0.2) is 5.82 Å². The molecule has 0 N–H and O–H groups in total. The number of alkyl halides is 1. The summed E-state index contributed by atoms with van der Waals surface area (Å²) < 4.78 is 20.8. The molecule has 0 aliphatic carbocycles. The molecule has 0 unspecified atom stereocenters. The van der Waals surface area contributed by atoms with Crippen LogP contribution < -0.4 is 0 Å². The molecule has 0 bridgehead atoms. The van der Waals surface area contributed by atoms with E-state index in [1.165, 1.54) is 6.07 Å². The second-order valence-electron chi connectivity index (χ2n) is 4.23. The third-order valence-electron chi connectivity index (χ3n) is 2.86. The fourth-order valence-corrected chi connectivity index (χ4v) is 2.53. The van der Waals surface area contributed by atoms with Gasteiger partial charge in [0.25, 0.3) is 0 Å². The number of hydrogen-bond acceptors (Lipinski definition) is 4. The minimum absolute atomic E-state index is 0.213. The lowest BCUT2D eigenvalue weighted by Gasteiger charge is -2.04. The predicted molar refractivity (Wildman–Crippen MR) is 75.1 cm³/mol. The molecule has 104 valence electrons. The summed E-state index contributed by atoms with van der Waals surface area (Å²) in [6.45, 7) is 2.04. The Balaban J connectivity index is 2.14. The fraction of sp³-hybridized carbons (Fsp3) is 0.250. The molecule has 0 saturated heterocycles. The zero-order chi connectivity index (χ0) is 14.3. The van der Waals surface area contributed by atoms with Gasteiger partial charge in [0, 0.05) is 13.0 Å². The fourth-order valence-electron chi connectivity index (χ4n) is 2.00. The molecule has 0 spiro atoms. The van der Waals surface area contributed by atoms with Gasteiger partial charge in [-0.15, -0.1) is 11.6 Å². The minimum atomic E-state index is -0.357. The van der Waals surface area contributed by atoms with Gasteiger partial charge in [-0.1, -0.05) is 5.16 Å². The molecule has 2 aromatic heterocycles. The van der Waals surface area contributed by atoms with Crippen LogP contribution in [0.2, 0.25) is 0 Å². The summed E-state index contributed by atoms with van der Waals surface area (Å²) in [6.07, 6.45) is 0. The topological polar surface area (TPSA) is 56.7 Å². The van der Waals surface area contributed by atoms with Gasteiger partial charge in [0.05, 0.1) is 27.9 Å². The number of aromatic nitrogens is 4. The number of aryl methyl sites for hydroxylation is 1. The summed E-state index contributed by atoms with van der Waals surface area (Å²) in [5.41, 5.74) is 1.30. The molecule has 0 fully saturated rings. The molecule has 1 aromatic carbocycles. The van der Waals surface area contributed by atoms with E-state index in [9.17, 15) is 4.39 Å². The van der Waals surface area contributed by atoms with E-state index in [1.54, 1.807) is 17.6 Å². The number of benzene rings is 1. The molecule has 0 aliphatic rings. The normalized spacial score (nSPS) is 11.4. The van der Waals surface area contributed by atoms with E-state index < -0.39 is 0 Å². The molecule has 3 aromatic rings. The van der Waals surface area contributed by atoms with Crippen molar-refractivity contribution < 1.29 is 8.91 Å². The Bertz CT molecular complexity index is 785. The average molecular weight is 360 g/mol. The zero-order valence-electron chi connectivity index (χ0n) is 10.4. The summed E-state index contributed by atoms with van der Waals surface area (Å²) in [4.78, 5) is 8.52. The largest absolute Gasteiger partial charge is 0.340 e. The first-order chi connectivity index (χ1) is 9.58. The van der Waals surface area contributed by atoms with Gasteiger partial charge in [0.1, 0.15) is 11.6 Å². The van der Waals surface area contributed by atoms with Gasteiger partial charge < -0.3 is 9.09 Å². The number of imidazole rings is 1. The Morgan fingerprint density at radius 3 is 2.85 bits per heavy atom. The van der Waals surface area contributed by atoms with Crippen LogP contribution in [0.1, 0.15) is 17.5 Å². The molecular formula is C12H9BrClFN4O. The lowest BCUT2D eigenvalue weighted by molar-refractivity contribution is 0.386. The van der Waals surface area contributed by atoms with Crippen LogP contribution in [-0.4, -0.2) is 19.7 Å². The van der Waals surface area contributed by atoms with Gasteiger partial charge in [-0.05, 0) is 22.0 Å². The highest BCUT2D eigenvalue weighted by Crippen LogP contribution is 2.25. The van der Waals surface area contributed by atoms with Gasteiger partial charge in [-0.2, -0.15) is 4.98 Å². The van der Waals surface area contributed by atoms with E-state index in [0.717, 1.165) is 0 Å². The van der Waals surface area contributed by atoms with Crippen molar-refractivity contribution in [2.45, 2.75) is 19.3 Å². The van der Waals surface area contributed by atoms with Crippen molar-refractivity contribution in [3.05, 3.63) is 40.0 Å². The van der Waals surface area contributed by atoms with Crippen LogP contribution in [0.25, 0.3) is 11.0 Å². The number of hydrogen-bond donors (Lipinski definition) is 0. The molecule has 0 saturated carbocycles. The van der Waals surface area contributed by atoms with Gasteiger partial charge in [-0.3, -0.25) is 0 Å². The molecule has 0 atom stereocenters. The molecule has 3 rings (SSSR count). The highest BCUT2D eigenvalue weighted by molar-refractivity contribution is 9.10. The van der Waals surface area contributed by atoms with Gasteiger partial charge >= 0.3 is 0 Å². The smallest absolute Gasteiger partial charge is 0.223 e. The average Bonchev–Trinajstić information content (AvgIpc) is 2.96. The zero-order valence-corrected chi connectivity index (χ0v) is 12.7. The standard InChI is InChI=1S/C12H9BrClFN4O/c1-6-16-11(18-20-6)5-19-10-3-8(15)7(13)2-9(10)17-12(19)4-14/h2-3H,4-5H2,1H3. The first-order valence-electron chi connectivity index (χ1n) is 5.78. The van der Waals surface area contributed by atoms with E-state index in [1.807, 2.05) is 0 Å². The van der Waals surface area contributed by atoms with Crippen LogP contribution in [-0.2, 0) is 12.4 Å². The maximum absolute atomic E-state index is 13.7. The lowest BCUT2D eigenvalue weighted by Crippen LogP contribution is -2.05. The van der Waals surface area contributed by atoms with E-state index >= 15 is 0 Å². The van der Waals surface area contributed by atoms with Crippen LogP contribution >= 0.6 is 27.5 Å². The Morgan fingerprint density at radius 1 is 1.40 bits per heavy atom. The monoisotopic (exact) mass is 358 g/mol. The first-order valence-corrected chi connectivity index (χ1v) is 7.10. The summed E-state index contributed by atoms with van der Waals surface area (Å²) in [7, 11) is 0. The molecular weight excluding hydrogens is 351 g/mol. The summed E-state index contributed by atoms with van der Waals surface area (Å²) in [6, 6.07) is 3.04. The maximum atomic E-state index is 13.7. The van der Waals surface area contributed by atoms with Crippen molar-refractivity contribution in [2.75, 3.05) is 0 Å². The van der Waals surface area contributed by atoms with Crippen LogP contribution in [0.15, 0.2) is 21.1 Å². The van der Waals surface area contributed by atoms with Crippen LogP contribution in [0.4, 0.5) is 4.39 Å². The summed E-state index contributed by atoms with van der Waals surface area (Å²) in [5, 5.41) is 3.83. The van der Waals surface area contributed by atoms with Crippen LogP contribution in [0.5, 0.6) is 0 Å². The molecule has 5 nitrogen and oxygen atoms in total. The van der Waals surface area contributed by atoms with Crippen LogP contribution in [0.3, 0.4) is 0 Å². The lowest BCUT2D eigenvalue weighted by atomic mass is 10.3. The number of rotatable bonds is 3. The third kappa shape index (κ3) is 2.31. The van der Waals surface area contributed by atoms with Crippen molar-refractivity contribution in [1.29, 1.82) is 0 Å². The van der Waals surface area contributed by atoms with Gasteiger partial charge in [0.2, 0.25) is 5.89 Å². The van der Waals surface area contributed by atoms with Crippen LogP contribution in [0, 0.1) is 12.7 Å². The van der Waals surface area contributed by atoms with E-state index in [0.29, 0.717) is 39.6 Å². The second kappa shape index (κ2) is 5.14. The maximum Gasteiger partial charge on any atom is 0.223 e. The third-order valence-corrected chi connectivity index (χ3v) is 3.70. The minimum Gasteiger partial charge on any atom is -0.340 e. The van der Waals surface area contributed by atoms with E-state index in [-0.39, 0.29) is 11.7 Å². The van der Waals surface area contributed by atoms with E-state index in [4.69, 9.17) is 16.1 Å². The Morgan fingerprint density at radius 2 is 2.20 bits per heavy atom. The molecule has 0 radical (unpaired) electrons. The van der Waals surface area contributed by atoms with Crippen molar-refractivity contribution in [3.63, 3.8) is 0 Å². The van der Waals surface area contributed by atoms with E-state index in [2.05, 4.69) is 31.1 Å². The summed E-state index contributed by atoms with van der Waals surface area (Å²) in [5.74, 6) is 1.46. The Labute approximate surface area is 126 Å². The SMILES string of the molecule is Cc1nc(Cn2c(CCl)nc3cc(Br)c(F)cc32)no1. The number of halogens is 3. The predicted octanol–water partition coefficient (Wildman–Crippen LogP) is 3.42. The quantitative estimate of drug-likeness (QED) is 0.672. The highest BCUT2D eigenvalue weighted by atomic mass is 79.9. The number of fused-ring (bicyclic) bond motifs is 1. The van der Waals surface area contributed by atoms with Crippen molar-refractivity contribution in [3.8, 4) is 0 Å². The molecule has 8 heteroatoms. The first kappa shape index (κ1) is 13.5. The highest BCUT2D eigenvalue weighted by Gasteiger charge is 2.15. The molecule has 0 amide bonds. The number of nitrogens with zero attached hydrogens (tertiary/aromatic N) is 4. The Hall–Kier alpha value is -1.47. The van der Waals surface area contributed by atoms with Crippen molar-refractivity contribution in [1.82, 2.24) is 19.7 Å².